The Morgan fingerprint density at radius 1 is 1.26 bits per heavy atom. The lowest BCUT2D eigenvalue weighted by Crippen LogP contribution is -2.36. The molecule has 0 radical (unpaired) electrons. The van der Waals surface area contributed by atoms with Crippen molar-refractivity contribution in [1.29, 1.82) is 0 Å². The van der Waals surface area contributed by atoms with Crippen molar-refractivity contribution in [3.8, 4) is 0 Å². The first kappa shape index (κ1) is 19.4. The van der Waals surface area contributed by atoms with Gasteiger partial charge in [0.05, 0.1) is 17.5 Å². The van der Waals surface area contributed by atoms with Gasteiger partial charge in [0.25, 0.3) is 0 Å². The van der Waals surface area contributed by atoms with Gasteiger partial charge < -0.3 is 10.6 Å². The van der Waals surface area contributed by atoms with Crippen molar-refractivity contribution in [2.75, 3.05) is 13.1 Å². The van der Waals surface area contributed by atoms with Crippen LogP contribution in [0.2, 0.25) is 0 Å². The van der Waals surface area contributed by atoms with Gasteiger partial charge in [-0.05, 0) is 31.5 Å². The Hall–Kier alpha value is -2.41. The summed E-state index contributed by atoms with van der Waals surface area (Å²) in [5.74, 6) is -0.751. The van der Waals surface area contributed by atoms with Crippen molar-refractivity contribution in [2.45, 2.75) is 32.0 Å². The minimum absolute atomic E-state index is 0.124. The first-order valence-electron chi connectivity index (χ1n) is 8.86. The van der Waals surface area contributed by atoms with Gasteiger partial charge in [-0.3, -0.25) is 9.78 Å². The second kappa shape index (κ2) is 7.68. The Bertz CT molecular complexity index is 805. The van der Waals surface area contributed by atoms with Crippen molar-refractivity contribution in [3.63, 3.8) is 0 Å². The SMILES string of the molecule is Cc1cccc([C@H](C)NC(=O)[C@@H]2CNC[C@H]2c2ccc(C(F)(F)F)cn2)c1. The molecule has 1 aromatic carbocycles. The van der Waals surface area contributed by atoms with Gasteiger partial charge in [-0.25, -0.2) is 0 Å². The first-order valence-corrected chi connectivity index (χ1v) is 8.86. The maximum atomic E-state index is 12.8. The molecule has 27 heavy (non-hydrogen) atoms. The van der Waals surface area contributed by atoms with E-state index >= 15 is 0 Å². The van der Waals surface area contributed by atoms with Crippen molar-refractivity contribution >= 4 is 5.91 Å². The van der Waals surface area contributed by atoms with E-state index in [-0.39, 0.29) is 23.8 Å². The smallest absolute Gasteiger partial charge is 0.349 e. The minimum atomic E-state index is -4.42. The molecule has 0 aliphatic carbocycles. The van der Waals surface area contributed by atoms with Crippen LogP contribution in [-0.4, -0.2) is 24.0 Å². The van der Waals surface area contributed by atoms with Crippen molar-refractivity contribution in [2.24, 2.45) is 5.92 Å². The van der Waals surface area contributed by atoms with Crippen LogP contribution in [-0.2, 0) is 11.0 Å². The van der Waals surface area contributed by atoms with E-state index in [9.17, 15) is 18.0 Å². The fourth-order valence-corrected chi connectivity index (χ4v) is 3.40. The summed E-state index contributed by atoms with van der Waals surface area (Å²) < 4.78 is 38.2. The Morgan fingerprint density at radius 2 is 2.04 bits per heavy atom. The van der Waals surface area contributed by atoms with E-state index in [1.54, 1.807) is 0 Å². The Kier molecular flexibility index (Phi) is 5.51. The number of benzene rings is 1. The van der Waals surface area contributed by atoms with E-state index in [4.69, 9.17) is 0 Å². The minimum Gasteiger partial charge on any atom is -0.349 e. The van der Waals surface area contributed by atoms with Crippen LogP contribution in [0.1, 0.15) is 41.3 Å². The van der Waals surface area contributed by atoms with E-state index < -0.39 is 11.7 Å². The average Bonchev–Trinajstić information content (AvgIpc) is 3.11. The van der Waals surface area contributed by atoms with Gasteiger partial charge in [0.2, 0.25) is 5.91 Å². The molecule has 1 fully saturated rings. The first-order chi connectivity index (χ1) is 12.8. The monoisotopic (exact) mass is 377 g/mol. The average molecular weight is 377 g/mol. The molecule has 1 saturated heterocycles. The number of pyridine rings is 1. The van der Waals surface area contributed by atoms with Crippen LogP contribution >= 0.6 is 0 Å². The summed E-state index contributed by atoms with van der Waals surface area (Å²) in [5.41, 5.74) is 1.84. The second-order valence-electron chi connectivity index (χ2n) is 6.99. The zero-order valence-electron chi connectivity index (χ0n) is 15.2. The molecule has 144 valence electrons. The van der Waals surface area contributed by atoms with Crippen LogP contribution in [0.5, 0.6) is 0 Å². The molecule has 0 unspecified atom stereocenters. The highest BCUT2D eigenvalue weighted by atomic mass is 19.4. The number of carbonyl (C=O) groups excluding carboxylic acids is 1. The lowest BCUT2D eigenvalue weighted by Gasteiger charge is -2.21. The predicted molar refractivity (Wildman–Crippen MR) is 96.1 cm³/mol. The number of carbonyl (C=O) groups is 1. The third kappa shape index (κ3) is 4.47. The molecule has 1 aromatic heterocycles. The van der Waals surface area contributed by atoms with Crippen LogP contribution in [0, 0.1) is 12.8 Å². The summed E-state index contributed by atoms with van der Waals surface area (Å²) in [6, 6.07) is 10.1. The van der Waals surface area contributed by atoms with Gasteiger partial charge in [-0.2, -0.15) is 13.2 Å². The number of halogens is 3. The van der Waals surface area contributed by atoms with Crippen LogP contribution in [0.4, 0.5) is 13.2 Å². The zero-order chi connectivity index (χ0) is 19.6. The highest BCUT2D eigenvalue weighted by Gasteiger charge is 2.36. The zero-order valence-corrected chi connectivity index (χ0v) is 15.2. The fourth-order valence-electron chi connectivity index (χ4n) is 3.40. The molecule has 1 aliphatic heterocycles. The fraction of sp³-hybridized carbons (Fsp3) is 0.400. The number of alkyl halides is 3. The van der Waals surface area contributed by atoms with Gasteiger partial charge in [0.15, 0.2) is 0 Å². The van der Waals surface area contributed by atoms with E-state index in [2.05, 4.69) is 15.6 Å². The normalized spacial score (nSPS) is 21.1. The molecular formula is C20H22F3N3O. The summed E-state index contributed by atoms with van der Waals surface area (Å²) in [6.45, 7) is 4.89. The van der Waals surface area contributed by atoms with Gasteiger partial charge in [-0.15, -0.1) is 0 Å². The standard InChI is InChI=1S/C20H22F3N3O/c1-12-4-3-5-14(8-12)13(2)26-19(27)17-11-24-10-16(17)18-7-6-15(9-25-18)20(21,22)23/h3-9,13,16-17,24H,10-11H2,1-2H3,(H,26,27)/t13-,16+,17+/m0/s1. The van der Waals surface area contributed by atoms with E-state index in [1.165, 1.54) is 6.07 Å². The van der Waals surface area contributed by atoms with Crippen molar-refractivity contribution in [3.05, 3.63) is 65.0 Å². The van der Waals surface area contributed by atoms with Gasteiger partial charge in [0.1, 0.15) is 0 Å². The van der Waals surface area contributed by atoms with E-state index in [0.29, 0.717) is 18.8 Å². The topological polar surface area (TPSA) is 54.0 Å². The number of hydrogen-bond donors (Lipinski definition) is 2. The van der Waals surface area contributed by atoms with Crippen LogP contribution in [0.15, 0.2) is 42.6 Å². The largest absolute Gasteiger partial charge is 0.417 e. The number of hydrogen-bond acceptors (Lipinski definition) is 3. The molecule has 2 heterocycles. The Labute approximate surface area is 156 Å². The Balaban J connectivity index is 1.71. The molecule has 3 rings (SSSR count). The number of aromatic nitrogens is 1. The summed E-state index contributed by atoms with van der Waals surface area (Å²) >= 11 is 0. The summed E-state index contributed by atoms with van der Waals surface area (Å²) in [7, 11) is 0. The highest BCUT2D eigenvalue weighted by molar-refractivity contribution is 5.80. The number of nitrogens with zero attached hydrogens (tertiary/aromatic N) is 1. The van der Waals surface area contributed by atoms with Crippen LogP contribution < -0.4 is 10.6 Å². The molecule has 2 N–H and O–H groups in total. The van der Waals surface area contributed by atoms with Crippen LogP contribution in [0.3, 0.4) is 0 Å². The molecule has 3 atom stereocenters. The summed E-state index contributed by atoms with van der Waals surface area (Å²) in [6.07, 6.45) is -3.59. The highest BCUT2D eigenvalue weighted by Crippen LogP contribution is 2.32. The molecule has 7 heteroatoms. The molecule has 0 spiro atoms. The Morgan fingerprint density at radius 3 is 2.67 bits per heavy atom. The summed E-state index contributed by atoms with van der Waals surface area (Å²) in [4.78, 5) is 16.7. The quantitative estimate of drug-likeness (QED) is 0.856. The van der Waals surface area contributed by atoms with Crippen molar-refractivity contribution in [1.82, 2.24) is 15.6 Å². The molecule has 0 bridgehead atoms. The number of aryl methyl sites for hydroxylation is 1. The van der Waals surface area contributed by atoms with Crippen molar-refractivity contribution < 1.29 is 18.0 Å². The number of amides is 1. The molecular weight excluding hydrogens is 355 g/mol. The van der Waals surface area contributed by atoms with Gasteiger partial charge in [-0.1, -0.05) is 29.8 Å². The number of rotatable bonds is 4. The van der Waals surface area contributed by atoms with Gasteiger partial charge >= 0.3 is 6.18 Å². The molecule has 1 amide bonds. The predicted octanol–water partition coefficient (Wildman–Crippen LogP) is 3.59. The molecule has 2 aromatic rings. The third-order valence-electron chi connectivity index (χ3n) is 4.95. The molecule has 0 saturated carbocycles. The maximum absolute atomic E-state index is 12.8. The van der Waals surface area contributed by atoms with E-state index in [0.717, 1.165) is 23.4 Å². The third-order valence-corrected chi connectivity index (χ3v) is 4.95. The second-order valence-corrected chi connectivity index (χ2v) is 6.99. The maximum Gasteiger partial charge on any atom is 0.417 e. The lowest BCUT2D eigenvalue weighted by atomic mass is 9.91. The summed E-state index contributed by atoms with van der Waals surface area (Å²) in [5, 5.41) is 6.16. The van der Waals surface area contributed by atoms with E-state index in [1.807, 2.05) is 38.1 Å². The molecule has 1 aliphatic rings. The van der Waals surface area contributed by atoms with Gasteiger partial charge in [0, 0.05) is 30.9 Å². The van der Waals surface area contributed by atoms with Crippen LogP contribution in [0.25, 0.3) is 0 Å². The molecule has 4 nitrogen and oxygen atoms in total. The lowest BCUT2D eigenvalue weighted by molar-refractivity contribution is -0.137. The number of nitrogens with one attached hydrogen (secondary N) is 2.